The maximum atomic E-state index is 12.8. The lowest BCUT2D eigenvalue weighted by molar-refractivity contribution is -0.294. The first-order valence-electron chi connectivity index (χ1n) is 10.5. The molecule has 168 valence electrons. The highest BCUT2D eigenvalue weighted by Gasteiger charge is 2.58. The van der Waals surface area contributed by atoms with Crippen LogP contribution in [0, 0.1) is 0 Å². The molecule has 0 spiro atoms. The molecular weight excluding hydrogens is 381 g/mol. The summed E-state index contributed by atoms with van der Waals surface area (Å²) in [7, 11) is 0. The van der Waals surface area contributed by atoms with Crippen molar-refractivity contribution in [2.75, 3.05) is 26.2 Å². The molecule has 0 rings (SSSR count). The SMILES string of the molecule is CCCCCCCN(CCCCCCC)CCC(=O)OCC(F)(F)C(F)(F)F. The summed E-state index contributed by atoms with van der Waals surface area (Å²) in [6.45, 7) is 4.22. The van der Waals surface area contributed by atoms with Gasteiger partial charge in [0.1, 0.15) is 0 Å². The standard InChI is InChI=1S/C20H36F5NO2/c1-3-5-7-9-11-14-26(15-12-10-8-6-4-2)16-13-18(27)28-17-19(21,22)20(23,24)25/h3-17H2,1-2H3. The van der Waals surface area contributed by atoms with Crippen molar-refractivity contribution < 1.29 is 31.5 Å². The van der Waals surface area contributed by atoms with Crippen LogP contribution in [0.5, 0.6) is 0 Å². The Balaban J connectivity index is 4.28. The molecule has 0 saturated carbocycles. The van der Waals surface area contributed by atoms with E-state index in [1.165, 1.54) is 12.8 Å². The van der Waals surface area contributed by atoms with Crippen molar-refractivity contribution in [1.29, 1.82) is 0 Å². The van der Waals surface area contributed by atoms with E-state index < -0.39 is 24.7 Å². The van der Waals surface area contributed by atoms with E-state index in [2.05, 4.69) is 23.5 Å². The smallest absolute Gasteiger partial charge is 0.456 e. The van der Waals surface area contributed by atoms with Crippen molar-refractivity contribution in [3.05, 3.63) is 0 Å². The number of hydrogen-bond acceptors (Lipinski definition) is 3. The van der Waals surface area contributed by atoms with Crippen molar-refractivity contribution in [2.24, 2.45) is 0 Å². The summed E-state index contributed by atoms with van der Waals surface area (Å²) in [5.74, 6) is -6.04. The second-order valence-corrected chi connectivity index (χ2v) is 7.28. The minimum atomic E-state index is -5.71. The minimum Gasteiger partial charge on any atom is -0.459 e. The topological polar surface area (TPSA) is 29.5 Å². The lowest BCUT2D eigenvalue weighted by Gasteiger charge is -2.23. The number of hydrogen-bond donors (Lipinski definition) is 0. The molecule has 0 bridgehead atoms. The fourth-order valence-electron chi connectivity index (χ4n) is 2.79. The van der Waals surface area contributed by atoms with Gasteiger partial charge in [-0.3, -0.25) is 4.79 Å². The summed E-state index contributed by atoms with van der Waals surface area (Å²) in [5.41, 5.74) is 0. The number of esters is 1. The third-order valence-electron chi connectivity index (χ3n) is 4.62. The summed E-state index contributed by atoms with van der Waals surface area (Å²) in [6.07, 6.45) is 5.19. The molecule has 0 fully saturated rings. The Bertz CT molecular complexity index is 389. The number of halogens is 5. The van der Waals surface area contributed by atoms with E-state index >= 15 is 0 Å². The van der Waals surface area contributed by atoms with Gasteiger partial charge in [0.15, 0.2) is 6.61 Å². The van der Waals surface area contributed by atoms with Crippen LogP contribution in [0.4, 0.5) is 22.0 Å². The van der Waals surface area contributed by atoms with Crippen molar-refractivity contribution in [3.63, 3.8) is 0 Å². The largest absolute Gasteiger partial charge is 0.459 e. The number of ether oxygens (including phenoxy) is 1. The molecule has 0 saturated heterocycles. The lowest BCUT2D eigenvalue weighted by atomic mass is 10.1. The van der Waals surface area contributed by atoms with Gasteiger partial charge in [-0.2, -0.15) is 22.0 Å². The Morgan fingerprint density at radius 3 is 1.64 bits per heavy atom. The number of unbranched alkanes of at least 4 members (excludes halogenated alkanes) is 8. The molecule has 0 amide bonds. The van der Waals surface area contributed by atoms with E-state index in [-0.39, 0.29) is 6.42 Å². The summed E-state index contributed by atoms with van der Waals surface area (Å²) in [6, 6.07) is 0. The summed E-state index contributed by atoms with van der Waals surface area (Å²) < 4.78 is 66.1. The van der Waals surface area contributed by atoms with Crippen molar-refractivity contribution in [1.82, 2.24) is 4.90 Å². The second-order valence-electron chi connectivity index (χ2n) is 7.28. The molecular formula is C20H36F5NO2. The maximum Gasteiger partial charge on any atom is 0.456 e. The molecule has 0 aliphatic carbocycles. The zero-order valence-electron chi connectivity index (χ0n) is 17.3. The van der Waals surface area contributed by atoms with Gasteiger partial charge in [-0.1, -0.05) is 65.2 Å². The fraction of sp³-hybridized carbons (Fsp3) is 0.950. The van der Waals surface area contributed by atoms with Gasteiger partial charge in [-0.05, 0) is 25.9 Å². The second kappa shape index (κ2) is 15.0. The van der Waals surface area contributed by atoms with Crippen LogP contribution in [-0.2, 0) is 9.53 Å². The molecule has 28 heavy (non-hydrogen) atoms. The lowest BCUT2D eigenvalue weighted by Crippen LogP contribution is -2.41. The molecule has 0 unspecified atom stereocenters. The van der Waals surface area contributed by atoms with Crippen LogP contribution in [0.3, 0.4) is 0 Å². The van der Waals surface area contributed by atoms with Crippen LogP contribution in [-0.4, -0.2) is 49.2 Å². The van der Waals surface area contributed by atoms with Crippen LogP contribution >= 0.6 is 0 Å². The summed E-state index contributed by atoms with van der Waals surface area (Å²) in [5, 5.41) is 0. The molecule has 0 heterocycles. The average Bonchev–Trinajstić information content (AvgIpc) is 2.62. The Labute approximate surface area is 166 Å². The first-order valence-corrected chi connectivity index (χ1v) is 10.5. The molecule has 0 aliphatic rings. The molecule has 3 nitrogen and oxygen atoms in total. The Hall–Kier alpha value is -0.920. The van der Waals surface area contributed by atoms with Gasteiger partial charge < -0.3 is 9.64 Å². The zero-order chi connectivity index (χ0) is 21.5. The van der Waals surface area contributed by atoms with E-state index in [0.717, 1.165) is 64.5 Å². The van der Waals surface area contributed by atoms with E-state index in [4.69, 9.17) is 0 Å². The first-order chi connectivity index (χ1) is 13.1. The van der Waals surface area contributed by atoms with Crippen molar-refractivity contribution >= 4 is 5.97 Å². The summed E-state index contributed by atoms with van der Waals surface area (Å²) >= 11 is 0. The minimum absolute atomic E-state index is 0.183. The molecule has 0 atom stereocenters. The van der Waals surface area contributed by atoms with Gasteiger partial charge in [-0.25, -0.2) is 0 Å². The number of rotatable bonds is 17. The highest BCUT2D eigenvalue weighted by atomic mass is 19.4. The Morgan fingerprint density at radius 1 is 0.750 bits per heavy atom. The van der Waals surface area contributed by atoms with Crippen molar-refractivity contribution in [2.45, 2.75) is 96.6 Å². The van der Waals surface area contributed by atoms with Gasteiger partial charge in [0.25, 0.3) is 0 Å². The quantitative estimate of drug-likeness (QED) is 0.157. The monoisotopic (exact) mass is 417 g/mol. The predicted octanol–water partition coefficient (Wildman–Crippen LogP) is 6.36. The Morgan fingerprint density at radius 2 is 1.21 bits per heavy atom. The first kappa shape index (κ1) is 27.1. The van der Waals surface area contributed by atoms with Crippen LogP contribution in [0.15, 0.2) is 0 Å². The molecule has 0 aliphatic heterocycles. The molecule has 8 heteroatoms. The van der Waals surface area contributed by atoms with Crippen LogP contribution in [0.25, 0.3) is 0 Å². The number of carbonyl (C=O) groups is 1. The molecule has 0 aromatic heterocycles. The predicted molar refractivity (Wildman–Crippen MR) is 101 cm³/mol. The van der Waals surface area contributed by atoms with Gasteiger partial charge in [0.05, 0.1) is 6.42 Å². The third-order valence-corrected chi connectivity index (χ3v) is 4.62. The number of carbonyl (C=O) groups excluding carboxylic acids is 1. The van der Waals surface area contributed by atoms with Gasteiger partial charge in [-0.15, -0.1) is 0 Å². The van der Waals surface area contributed by atoms with E-state index in [1.807, 2.05) is 0 Å². The molecule has 0 N–H and O–H groups in total. The highest BCUT2D eigenvalue weighted by molar-refractivity contribution is 5.69. The van der Waals surface area contributed by atoms with Crippen LogP contribution in [0.1, 0.15) is 84.5 Å². The van der Waals surface area contributed by atoms with Gasteiger partial charge >= 0.3 is 18.1 Å². The number of alkyl halides is 5. The molecule has 0 aromatic rings. The van der Waals surface area contributed by atoms with Crippen molar-refractivity contribution in [3.8, 4) is 0 Å². The highest BCUT2D eigenvalue weighted by Crippen LogP contribution is 2.35. The van der Waals surface area contributed by atoms with E-state index in [0.29, 0.717) is 6.54 Å². The van der Waals surface area contributed by atoms with E-state index in [9.17, 15) is 26.7 Å². The zero-order valence-corrected chi connectivity index (χ0v) is 17.3. The van der Waals surface area contributed by atoms with Gasteiger partial charge in [0, 0.05) is 6.54 Å². The summed E-state index contributed by atoms with van der Waals surface area (Å²) in [4.78, 5) is 13.7. The molecule has 0 aromatic carbocycles. The van der Waals surface area contributed by atoms with Gasteiger partial charge in [0.2, 0.25) is 0 Å². The number of nitrogens with zero attached hydrogens (tertiary/aromatic N) is 1. The van der Waals surface area contributed by atoms with Crippen LogP contribution in [0.2, 0.25) is 0 Å². The third kappa shape index (κ3) is 13.3. The maximum absolute atomic E-state index is 12.8. The normalized spacial score (nSPS) is 12.6. The average molecular weight is 418 g/mol. The fourth-order valence-corrected chi connectivity index (χ4v) is 2.79. The Kier molecular flexibility index (Phi) is 14.5. The van der Waals surface area contributed by atoms with Crippen LogP contribution < -0.4 is 0 Å². The van der Waals surface area contributed by atoms with E-state index in [1.54, 1.807) is 0 Å². The molecule has 0 radical (unpaired) electrons.